The molecule has 6 N–H and O–H groups in total. The van der Waals surface area contributed by atoms with E-state index in [4.69, 9.17) is 27.9 Å². The number of hydrogen-bond donors (Lipinski definition) is 5. The molecule has 1 fully saturated rings. The monoisotopic (exact) mass is 340 g/mol. The van der Waals surface area contributed by atoms with Crippen LogP contribution in [0.15, 0.2) is 29.5 Å². The van der Waals surface area contributed by atoms with E-state index in [1.807, 2.05) is 0 Å². The van der Waals surface area contributed by atoms with Gasteiger partial charge in [0, 0.05) is 37.0 Å². The number of amides is 1. The Kier molecular flexibility index (Phi) is 5.70. The van der Waals surface area contributed by atoms with Crippen molar-refractivity contribution >= 4 is 23.2 Å². The number of nitrogens with one attached hydrogen (secondary N) is 3. The van der Waals surface area contributed by atoms with E-state index in [0.717, 1.165) is 6.07 Å². The van der Waals surface area contributed by atoms with Gasteiger partial charge in [-0.1, -0.05) is 11.6 Å². The molecule has 0 aliphatic carbocycles. The molecule has 23 heavy (non-hydrogen) atoms. The van der Waals surface area contributed by atoms with Crippen LogP contribution in [0.3, 0.4) is 0 Å². The Morgan fingerprint density at radius 3 is 2.87 bits per heavy atom. The molecule has 0 spiro atoms. The zero-order valence-electron chi connectivity index (χ0n) is 12.3. The first-order valence-corrected chi connectivity index (χ1v) is 7.47. The molecular formula is C15H18ClFN4O2. The van der Waals surface area contributed by atoms with Gasteiger partial charge in [-0.2, -0.15) is 0 Å². The molecule has 1 aromatic rings. The van der Waals surface area contributed by atoms with Gasteiger partial charge in [0.1, 0.15) is 5.82 Å². The van der Waals surface area contributed by atoms with Crippen molar-refractivity contribution in [2.45, 2.75) is 12.5 Å². The van der Waals surface area contributed by atoms with Crippen molar-refractivity contribution in [3.05, 3.63) is 45.9 Å². The highest BCUT2D eigenvalue weighted by atomic mass is 35.5. The van der Waals surface area contributed by atoms with Crippen molar-refractivity contribution in [3.8, 4) is 0 Å². The smallest absolute Gasteiger partial charge is 0.252 e. The molecule has 0 aromatic heterocycles. The minimum absolute atomic E-state index is 0.00352. The van der Waals surface area contributed by atoms with Crippen LogP contribution >= 0.6 is 11.6 Å². The molecule has 124 valence electrons. The average Bonchev–Trinajstić information content (AvgIpc) is 2.50. The van der Waals surface area contributed by atoms with E-state index in [1.165, 1.54) is 12.1 Å². The van der Waals surface area contributed by atoms with Gasteiger partial charge in [0.25, 0.3) is 5.91 Å². The summed E-state index contributed by atoms with van der Waals surface area (Å²) in [4.78, 5) is 11.8. The lowest BCUT2D eigenvalue weighted by atomic mass is 9.98. The second kappa shape index (κ2) is 7.54. The average molecular weight is 341 g/mol. The molecule has 0 bridgehead atoms. The highest BCUT2D eigenvalue weighted by Crippen LogP contribution is 2.20. The highest BCUT2D eigenvalue weighted by Gasteiger charge is 2.24. The van der Waals surface area contributed by atoms with Crippen molar-refractivity contribution in [2.24, 2.45) is 5.73 Å². The molecule has 0 radical (unpaired) electrons. The van der Waals surface area contributed by atoms with Crippen LogP contribution in [0.2, 0.25) is 5.02 Å². The molecule has 1 amide bonds. The summed E-state index contributed by atoms with van der Waals surface area (Å²) in [5.74, 6) is -1.36. The Morgan fingerprint density at radius 2 is 2.26 bits per heavy atom. The van der Waals surface area contributed by atoms with Gasteiger partial charge in [-0.05, 0) is 24.6 Å². The van der Waals surface area contributed by atoms with Crippen molar-refractivity contribution in [1.82, 2.24) is 10.6 Å². The SMILES string of the molecule is N=C(/C(C(N)=O)=C1/CNCC(CCO)N1)c1ccc(F)c(Cl)c1. The van der Waals surface area contributed by atoms with E-state index >= 15 is 0 Å². The lowest BCUT2D eigenvalue weighted by Crippen LogP contribution is -2.49. The number of hydrogen-bond acceptors (Lipinski definition) is 5. The number of carbonyl (C=O) groups excluding carboxylic acids is 1. The number of benzene rings is 1. The summed E-state index contributed by atoms with van der Waals surface area (Å²) in [6, 6.07) is 3.72. The zero-order chi connectivity index (χ0) is 17.0. The van der Waals surface area contributed by atoms with Crippen LogP contribution in [0.1, 0.15) is 12.0 Å². The Morgan fingerprint density at radius 1 is 1.52 bits per heavy atom. The molecular weight excluding hydrogens is 323 g/mol. The molecule has 1 aromatic carbocycles. The maximum atomic E-state index is 13.3. The molecule has 1 aliphatic rings. The Balaban J connectivity index is 2.36. The van der Waals surface area contributed by atoms with Crippen molar-refractivity contribution in [1.29, 1.82) is 5.41 Å². The minimum atomic E-state index is -0.760. The predicted octanol–water partition coefficient (Wildman–Crippen LogP) is 0.530. The molecule has 1 heterocycles. The summed E-state index contributed by atoms with van der Waals surface area (Å²) in [6.07, 6.45) is 0.498. The number of aliphatic hydroxyl groups excluding tert-OH is 1. The normalized spacial score (nSPS) is 19.9. The number of rotatable bonds is 5. The van der Waals surface area contributed by atoms with Gasteiger partial charge in [0.15, 0.2) is 0 Å². The van der Waals surface area contributed by atoms with Crippen molar-refractivity contribution in [2.75, 3.05) is 19.7 Å². The summed E-state index contributed by atoms with van der Waals surface area (Å²) < 4.78 is 13.3. The third-order valence-corrected chi connectivity index (χ3v) is 3.84. The van der Waals surface area contributed by atoms with Crippen LogP contribution in [0.5, 0.6) is 0 Å². The van der Waals surface area contributed by atoms with Gasteiger partial charge in [-0.15, -0.1) is 0 Å². The van der Waals surface area contributed by atoms with Crippen LogP contribution in [0.4, 0.5) is 4.39 Å². The summed E-state index contributed by atoms with van der Waals surface area (Å²) in [7, 11) is 0. The van der Waals surface area contributed by atoms with Crippen molar-refractivity contribution < 1.29 is 14.3 Å². The zero-order valence-corrected chi connectivity index (χ0v) is 13.1. The van der Waals surface area contributed by atoms with E-state index in [-0.39, 0.29) is 29.0 Å². The first kappa shape index (κ1) is 17.4. The van der Waals surface area contributed by atoms with E-state index < -0.39 is 11.7 Å². The summed E-state index contributed by atoms with van der Waals surface area (Å²) in [5, 5.41) is 23.4. The van der Waals surface area contributed by atoms with Gasteiger partial charge < -0.3 is 21.5 Å². The second-order valence-electron chi connectivity index (χ2n) is 5.21. The molecule has 1 aliphatic heterocycles. The lowest BCUT2D eigenvalue weighted by Gasteiger charge is -2.29. The highest BCUT2D eigenvalue weighted by molar-refractivity contribution is 6.32. The third kappa shape index (κ3) is 4.07. The molecule has 2 rings (SSSR count). The number of carbonyl (C=O) groups is 1. The number of aliphatic hydroxyl groups is 1. The number of nitrogens with two attached hydrogens (primary N) is 1. The predicted molar refractivity (Wildman–Crippen MR) is 86.0 cm³/mol. The summed E-state index contributed by atoms with van der Waals surface area (Å²) in [5.41, 5.74) is 6.09. The molecule has 8 heteroatoms. The fourth-order valence-corrected chi connectivity index (χ4v) is 2.61. The quantitative estimate of drug-likeness (QED) is 0.397. The van der Waals surface area contributed by atoms with E-state index in [0.29, 0.717) is 30.8 Å². The fraction of sp³-hybridized carbons (Fsp3) is 0.333. The van der Waals surface area contributed by atoms with E-state index in [9.17, 15) is 9.18 Å². The minimum Gasteiger partial charge on any atom is -0.396 e. The Hall–Kier alpha value is -1.96. The largest absolute Gasteiger partial charge is 0.396 e. The number of primary amides is 1. The van der Waals surface area contributed by atoms with Crippen LogP contribution in [0, 0.1) is 11.2 Å². The maximum Gasteiger partial charge on any atom is 0.252 e. The lowest BCUT2D eigenvalue weighted by molar-refractivity contribution is -0.114. The number of halogens is 2. The summed E-state index contributed by atoms with van der Waals surface area (Å²) >= 11 is 5.73. The van der Waals surface area contributed by atoms with E-state index in [1.54, 1.807) is 0 Å². The first-order valence-electron chi connectivity index (χ1n) is 7.09. The van der Waals surface area contributed by atoms with Gasteiger partial charge in [0.05, 0.1) is 16.3 Å². The number of piperazine rings is 1. The van der Waals surface area contributed by atoms with Crippen molar-refractivity contribution in [3.63, 3.8) is 0 Å². The third-order valence-electron chi connectivity index (χ3n) is 3.55. The Labute approximate surface area is 138 Å². The van der Waals surface area contributed by atoms with Gasteiger partial charge in [-0.3, -0.25) is 10.2 Å². The van der Waals surface area contributed by atoms with Gasteiger partial charge in [0.2, 0.25) is 0 Å². The Bertz CT molecular complexity index is 661. The second-order valence-corrected chi connectivity index (χ2v) is 5.61. The van der Waals surface area contributed by atoms with E-state index in [2.05, 4.69) is 10.6 Å². The van der Waals surface area contributed by atoms with Crippen LogP contribution < -0.4 is 16.4 Å². The van der Waals surface area contributed by atoms with Gasteiger partial charge >= 0.3 is 0 Å². The van der Waals surface area contributed by atoms with Crippen LogP contribution in [0.25, 0.3) is 0 Å². The molecule has 1 saturated heterocycles. The van der Waals surface area contributed by atoms with Crippen LogP contribution in [-0.2, 0) is 4.79 Å². The summed E-state index contributed by atoms with van der Waals surface area (Å²) in [6.45, 7) is 0.979. The van der Waals surface area contributed by atoms with Crippen LogP contribution in [-0.4, -0.2) is 42.5 Å². The first-order chi connectivity index (χ1) is 10.9. The molecule has 1 unspecified atom stereocenters. The fourth-order valence-electron chi connectivity index (χ4n) is 2.43. The molecule has 6 nitrogen and oxygen atoms in total. The standard InChI is InChI=1S/C15H18ClFN4O2/c16-10-5-8(1-2-11(10)17)14(18)13(15(19)23)12-7-20-6-9(21-12)3-4-22/h1-2,5,9,18,20-22H,3-4,6-7H2,(H2,19,23)/b13-12+,18-14?. The maximum absolute atomic E-state index is 13.3. The van der Waals surface area contributed by atoms with Gasteiger partial charge in [-0.25, -0.2) is 4.39 Å². The molecule has 1 atom stereocenters. The topological polar surface area (TPSA) is 111 Å². The molecule has 0 saturated carbocycles.